The van der Waals surface area contributed by atoms with E-state index in [9.17, 15) is 9.90 Å². The minimum absolute atomic E-state index is 0.0330. The molecule has 0 spiro atoms. The summed E-state index contributed by atoms with van der Waals surface area (Å²) in [4.78, 5) is 18.6. The Bertz CT molecular complexity index is 690. The molecule has 2 amide bonds. The van der Waals surface area contributed by atoms with Crippen molar-refractivity contribution in [3.8, 4) is 0 Å². The van der Waals surface area contributed by atoms with Gasteiger partial charge < -0.3 is 15.3 Å². The predicted octanol–water partition coefficient (Wildman–Crippen LogP) is 2.71. The average molecular weight is 339 g/mol. The third-order valence-electron chi connectivity index (χ3n) is 4.73. The van der Waals surface area contributed by atoms with Gasteiger partial charge in [0, 0.05) is 25.5 Å². The molecular weight excluding hydrogens is 314 g/mol. The number of benzene rings is 1. The SMILES string of the molecule is O=C(NCCc1cccnc1)N(CCO)[C@@H]1CCCc2ccccc21. The highest BCUT2D eigenvalue weighted by Crippen LogP contribution is 2.34. The zero-order valence-corrected chi connectivity index (χ0v) is 14.4. The largest absolute Gasteiger partial charge is 0.395 e. The van der Waals surface area contributed by atoms with Crippen molar-refractivity contribution in [1.29, 1.82) is 0 Å². The Morgan fingerprint density at radius 3 is 2.96 bits per heavy atom. The number of aliphatic hydroxyl groups is 1. The van der Waals surface area contributed by atoms with Crippen molar-refractivity contribution in [2.45, 2.75) is 31.7 Å². The summed E-state index contributed by atoms with van der Waals surface area (Å²) in [5.41, 5.74) is 3.62. The number of aryl methyl sites for hydroxylation is 1. The molecule has 0 unspecified atom stereocenters. The van der Waals surface area contributed by atoms with Crippen LogP contribution in [-0.4, -0.2) is 40.7 Å². The second-order valence-corrected chi connectivity index (χ2v) is 6.37. The van der Waals surface area contributed by atoms with Crippen LogP contribution in [0.1, 0.15) is 35.6 Å². The van der Waals surface area contributed by atoms with Gasteiger partial charge >= 0.3 is 6.03 Å². The first-order valence-electron chi connectivity index (χ1n) is 8.91. The fourth-order valence-electron chi connectivity index (χ4n) is 3.52. The molecule has 0 saturated carbocycles. The molecule has 2 aromatic rings. The summed E-state index contributed by atoms with van der Waals surface area (Å²) in [5, 5.41) is 12.4. The summed E-state index contributed by atoms with van der Waals surface area (Å²) >= 11 is 0. The summed E-state index contributed by atoms with van der Waals surface area (Å²) in [6.07, 6.45) is 7.36. The molecule has 3 rings (SSSR count). The molecule has 132 valence electrons. The minimum Gasteiger partial charge on any atom is -0.395 e. The van der Waals surface area contributed by atoms with Crippen molar-refractivity contribution >= 4 is 6.03 Å². The number of carbonyl (C=O) groups is 1. The van der Waals surface area contributed by atoms with Gasteiger partial charge in [-0.2, -0.15) is 0 Å². The van der Waals surface area contributed by atoms with Gasteiger partial charge in [-0.15, -0.1) is 0 Å². The van der Waals surface area contributed by atoms with Gasteiger partial charge in [0.2, 0.25) is 0 Å². The summed E-state index contributed by atoms with van der Waals surface area (Å²) in [6.45, 7) is 0.868. The Balaban J connectivity index is 1.65. The highest BCUT2D eigenvalue weighted by molar-refractivity contribution is 5.75. The monoisotopic (exact) mass is 339 g/mol. The summed E-state index contributed by atoms with van der Waals surface area (Å²) in [7, 11) is 0. The van der Waals surface area contributed by atoms with Gasteiger partial charge in [0.25, 0.3) is 0 Å². The molecule has 1 aromatic carbocycles. The van der Waals surface area contributed by atoms with Gasteiger partial charge in [-0.3, -0.25) is 4.98 Å². The third kappa shape index (κ3) is 4.37. The highest BCUT2D eigenvalue weighted by Gasteiger charge is 2.28. The molecule has 0 fully saturated rings. The molecule has 0 saturated heterocycles. The Hall–Kier alpha value is -2.40. The van der Waals surface area contributed by atoms with Gasteiger partial charge in [-0.25, -0.2) is 4.79 Å². The minimum atomic E-state index is -0.111. The number of fused-ring (bicyclic) bond motifs is 1. The van der Waals surface area contributed by atoms with Gasteiger partial charge in [0.05, 0.1) is 12.6 Å². The van der Waals surface area contributed by atoms with E-state index >= 15 is 0 Å². The predicted molar refractivity (Wildman–Crippen MR) is 97.3 cm³/mol. The summed E-state index contributed by atoms with van der Waals surface area (Å²) in [5.74, 6) is 0. The number of aliphatic hydroxyl groups excluding tert-OH is 1. The van der Waals surface area contributed by atoms with Crippen molar-refractivity contribution in [3.63, 3.8) is 0 Å². The molecule has 0 bridgehead atoms. The lowest BCUT2D eigenvalue weighted by Crippen LogP contribution is -2.45. The number of amides is 2. The quantitative estimate of drug-likeness (QED) is 0.850. The molecule has 1 aliphatic carbocycles. The summed E-state index contributed by atoms with van der Waals surface area (Å²) < 4.78 is 0. The maximum atomic E-state index is 12.7. The van der Waals surface area contributed by atoms with Crippen LogP contribution in [0.3, 0.4) is 0 Å². The number of aromatic nitrogens is 1. The standard InChI is InChI=1S/C20H25N3O2/c24-14-13-23(19-9-3-7-17-6-1-2-8-18(17)19)20(25)22-12-10-16-5-4-11-21-15-16/h1-2,4-6,8,11,15,19,24H,3,7,9-10,12-14H2,(H,22,25)/t19-/m1/s1. The number of pyridine rings is 1. The number of nitrogens with one attached hydrogen (secondary N) is 1. The van der Waals surface area contributed by atoms with Crippen molar-refractivity contribution < 1.29 is 9.90 Å². The van der Waals surface area contributed by atoms with Crippen molar-refractivity contribution in [1.82, 2.24) is 15.2 Å². The fraction of sp³-hybridized carbons (Fsp3) is 0.400. The van der Waals surface area contributed by atoms with Gasteiger partial charge in [-0.1, -0.05) is 30.3 Å². The molecule has 1 atom stereocenters. The Morgan fingerprint density at radius 2 is 2.16 bits per heavy atom. The Kier molecular flexibility index (Phi) is 6.01. The van der Waals surface area contributed by atoms with Gasteiger partial charge in [0.1, 0.15) is 0 Å². The number of rotatable bonds is 6. The first kappa shape index (κ1) is 17.4. The van der Waals surface area contributed by atoms with E-state index in [1.807, 2.05) is 30.5 Å². The molecule has 1 aromatic heterocycles. The van der Waals surface area contributed by atoms with Crippen LogP contribution in [-0.2, 0) is 12.8 Å². The smallest absolute Gasteiger partial charge is 0.318 e. The molecular formula is C20H25N3O2. The lowest BCUT2D eigenvalue weighted by atomic mass is 9.87. The number of hydrogen-bond donors (Lipinski definition) is 2. The normalized spacial score (nSPS) is 16.1. The molecule has 1 heterocycles. The number of carbonyl (C=O) groups excluding carboxylic acids is 1. The molecule has 1 aliphatic rings. The van der Waals surface area contributed by atoms with Crippen molar-refractivity contribution in [2.24, 2.45) is 0 Å². The molecule has 25 heavy (non-hydrogen) atoms. The topological polar surface area (TPSA) is 65.5 Å². The Morgan fingerprint density at radius 1 is 1.28 bits per heavy atom. The number of urea groups is 1. The van der Waals surface area contributed by atoms with Crippen LogP contribution in [0.25, 0.3) is 0 Å². The van der Waals surface area contributed by atoms with Crippen molar-refractivity contribution in [2.75, 3.05) is 19.7 Å². The second-order valence-electron chi connectivity index (χ2n) is 6.37. The van der Waals surface area contributed by atoms with E-state index < -0.39 is 0 Å². The fourth-order valence-corrected chi connectivity index (χ4v) is 3.52. The van der Waals surface area contributed by atoms with Crippen LogP contribution in [0, 0.1) is 0 Å². The first-order valence-corrected chi connectivity index (χ1v) is 8.91. The molecule has 2 N–H and O–H groups in total. The summed E-state index contributed by atoms with van der Waals surface area (Å²) in [6, 6.07) is 12.1. The zero-order chi connectivity index (χ0) is 17.5. The highest BCUT2D eigenvalue weighted by atomic mass is 16.3. The lowest BCUT2D eigenvalue weighted by molar-refractivity contribution is 0.144. The number of nitrogens with zero attached hydrogens (tertiary/aromatic N) is 2. The van der Waals surface area contributed by atoms with Crippen LogP contribution in [0.2, 0.25) is 0 Å². The van der Waals surface area contributed by atoms with Gasteiger partial charge in [-0.05, 0) is 48.4 Å². The van der Waals surface area contributed by atoms with Crippen LogP contribution < -0.4 is 5.32 Å². The molecule has 0 radical (unpaired) electrons. The van der Waals surface area contributed by atoms with E-state index in [0.29, 0.717) is 13.1 Å². The van der Waals surface area contributed by atoms with E-state index in [-0.39, 0.29) is 18.7 Å². The van der Waals surface area contributed by atoms with Crippen LogP contribution >= 0.6 is 0 Å². The van der Waals surface area contributed by atoms with E-state index in [2.05, 4.69) is 22.4 Å². The second kappa shape index (κ2) is 8.62. The van der Waals surface area contributed by atoms with E-state index in [0.717, 1.165) is 31.2 Å². The van der Waals surface area contributed by atoms with Crippen LogP contribution in [0.15, 0.2) is 48.8 Å². The zero-order valence-electron chi connectivity index (χ0n) is 14.4. The van der Waals surface area contributed by atoms with Crippen LogP contribution in [0.4, 0.5) is 4.79 Å². The van der Waals surface area contributed by atoms with Crippen molar-refractivity contribution in [3.05, 3.63) is 65.5 Å². The number of hydrogen-bond acceptors (Lipinski definition) is 3. The van der Waals surface area contributed by atoms with E-state index in [4.69, 9.17) is 0 Å². The molecule has 0 aliphatic heterocycles. The van der Waals surface area contributed by atoms with E-state index in [1.54, 1.807) is 11.1 Å². The maximum Gasteiger partial charge on any atom is 0.318 e. The molecule has 5 nitrogen and oxygen atoms in total. The van der Waals surface area contributed by atoms with E-state index in [1.165, 1.54) is 11.1 Å². The third-order valence-corrected chi connectivity index (χ3v) is 4.73. The lowest BCUT2D eigenvalue weighted by Gasteiger charge is -2.35. The first-order chi connectivity index (χ1) is 12.3. The maximum absolute atomic E-state index is 12.7. The average Bonchev–Trinajstić information content (AvgIpc) is 2.66. The van der Waals surface area contributed by atoms with Gasteiger partial charge in [0.15, 0.2) is 0 Å². The van der Waals surface area contributed by atoms with Crippen LogP contribution in [0.5, 0.6) is 0 Å². The molecule has 5 heteroatoms. The Labute approximate surface area is 148 Å².